The van der Waals surface area contributed by atoms with Crippen LogP contribution >= 0.6 is 34.3 Å². The number of amides is 1. The molecule has 8 heteroatoms. The predicted molar refractivity (Wildman–Crippen MR) is 107 cm³/mol. The topological polar surface area (TPSA) is 54.5 Å². The summed E-state index contributed by atoms with van der Waals surface area (Å²) in [6.45, 7) is 1.15. The summed E-state index contributed by atoms with van der Waals surface area (Å²) in [5.41, 5.74) is 3.92. The molecule has 1 amide bonds. The van der Waals surface area contributed by atoms with Gasteiger partial charge in [-0.1, -0.05) is 23.7 Å². The molecule has 3 heterocycles. The minimum absolute atomic E-state index is 0.0733. The fraction of sp³-hybridized carbons (Fsp3) is 0.222. The van der Waals surface area contributed by atoms with Crippen LogP contribution in [0.5, 0.6) is 0 Å². The molecule has 0 radical (unpaired) electrons. The zero-order valence-electron chi connectivity index (χ0n) is 14.0. The van der Waals surface area contributed by atoms with E-state index in [1.165, 1.54) is 16.3 Å². The molecule has 1 N–H and O–H groups in total. The Bertz CT molecular complexity index is 936. The molecule has 2 aromatic heterocycles. The first-order valence-electron chi connectivity index (χ1n) is 7.99. The SMILES string of the molecule is CN1COCc2c(CC(=O)Nc3nc(-c4ccc(Cl)cc4)cs3)csc21. The van der Waals surface area contributed by atoms with Gasteiger partial charge in [0.25, 0.3) is 0 Å². The first-order chi connectivity index (χ1) is 12.6. The van der Waals surface area contributed by atoms with Crippen molar-refractivity contribution >= 4 is 50.3 Å². The molecule has 0 saturated carbocycles. The van der Waals surface area contributed by atoms with Crippen molar-refractivity contribution in [1.29, 1.82) is 0 Å². The van der Waals surface area contributed by atoms with Gasteiger partial charge in [-0.15, -0.1) is 22.7 Å². The summed E-state index contributed by atoms with van der Waals surface area (Å²) in [4.78, 5) is 19.0. The molecule has 1 aliphatic heterocycles. The second-order valence-electron chi connectivity index (χ2n) is 5.99. The van der Waals surface area contributed by atoms with Gasteiger partial charge in [-0.3, -0.25) is 4.79 Å². The van der Waals surface area contributed by atoms with Gasteiger partial charge in [0, 0.05) is 28.6 Å². The largest absolute Gasteiger partial charge is 0.356 e. The molecule has 4 rings (SSSR count). The van der Waals surface area contributed by atoms with E-state index in [1.807, 2.05) is 42.1 Å². The molecule has 5 nitrogen and oxygen atoms in total. The Morgan fingerprint density at radius 2 is 2.12 bits per heavy atom. The van der Waals surface area contributed by atoms with E-state index in [-0.39, 0.29) is 5.91 Å². The summed E-state index contributed by atoms with van der Waals surface area (Å²) in [7, 11) is 1.99. The Balaban J connectivity index is 1.44. The van der Waals surface area contributed by atoms with Crippen LogP contribution in [-0.2, 0) is 22.6 Å². The van der Waals surface area contributed by atoms with Crippen LogP contribution < -0.4 is 10.2 Å². The maximum atomic E-state index is 12.4. The van der Waals surface area contributed by atoms with E-state index >= 15 is 0 Å². The second-order valence-corrected chi connectivity index (χ2v) is 8.14. The van der Waals surface area contributed by atoms with E-state index in [1.54, 1.807) is 11.3 Å². The Hall–Kier alpha value is -1.93. The average Bonchev–Trinajstić information content (AvgIpc) is 3.24. The molecule has 26 heavy (non-hydrogen) atoms. The van der Waals surface area contributed by atoms with Gasteiger partial charge < -0.3 is 15.0 Å². The third-order valence-corrected chi connectivity index (χ3v) is 6.27. The molecule has 3 aromatic rings. The number of fused-ring (bicyclic) bond motifs is 1. The number of ether oxygens (including phenoxy) is 1. The van der Waals surface area contributed by atoms with Crippen LogP contribution in [0.3, 0.4) is 0 Å². The third kappa shape index (κ3) is 3.61. The number of nitrogens with one attached hydrogen (secondary N) is 1. The summed E-state index contributed by atoms with van der Waals surface area (Å²) >= 11 is 8.98. The van der Waals surface area contributed by atoms with Gasteiger partial charge in [0.05, 0.1) is 23.7 Å². The van der Waals surface area contributed by atoms with Gasteiger partial charge in [-0.25, -0.2) is 4.98 Å². The van der Waals surface area contributed by atoms with Crippen LogP contribution in [0.25, 0.3) is 11.3 Å². The van der Waals surface area contributed by atoms with Gasteiger partial charge in [-0.05, 0) is 23.1 Å². The predicted octanol–water partition coefficient (Wildman–Crippen LogP) is 4.63. The van der Waals surface area contributed by atoms with Crippen LogP contribution in [0.15, 0.2) is 35.0 Å². The number of nitrogens with zero attached hydrogens (tertiary/aromatic N) is 2. The van der Waals surface area contributed by atoms with Gasteiger partial charge in [0.15, 0.2) is 5.13 Å². The zero-order chi connectivity index (χ0) is 18.1. The maximum absolute atomic E-state index is 12.4. The Kier molecular flexibility index (Phi) is 4.95. The number of carbonyl (C=O) groups excluding carboxylic acids is 1. The normalized spacial score (nSPS) is 13.5. The standard InChI is InChI=1S/C18H16ClN3O2S2/c1-22-10-24-7-14-12(8-25-17(14)22)6-16(23)21-18-20-15(9-26-18)11-2-4-13(19)5-3-11/h2-5,8-9H,6-7,10H2,1H3,(H,20,21,23). The number of benzene rings is 1. The quantitative estimate of drug-likeness (QED) is 0.687. The number of thiazole rings is 1. The van der Waals surface area contributed by atoms with Gasteiger partial charge in [0.2, 0.25) is 5.91 Å². The molecule has 134 valence electrons. The van der Waals surface area contributed by atoms with Crippen LogP contribution in [0.4, 0.5) is 10.1 Å². The second kappa shape index (κ2) is 7.36. The third-order valence-electron chi connectivity index (χ3n) is 4.08. The highest BCUT2D eigenvalue weighted by atomic mass is 35.5. The van der Waals surface area contributed by atoms with E-state index in [4.69, 9.17) is 16.3 Å². The van der Waals surface area contributed by atoms with E-state index in [2.05, 4.69) is 15.2 Å². The van der Waals surface area contributed by atoms with Crippen molar-refractivity contribution in [2.24, 2.45) is 0 Å². The van der Waals surface area contributed by atoms with Gasteiger partial charge in [0.1, 0.15) is 6.73 Å². The van der Waals surface area contributed by atoms with E-state index in [0.29, 0.717) is 29.9 Å². The number of hydrogen-bond acceptors (Lipinski definition) is 6. The molecule has 0 unspecified atom stereocenters. The first kappa shape index (κ1) is 17.5. The van der Waals surface area contributed by atoms with Crippen molar-refractivity contribution in [3.63, 3.8) is 0 Å². The Labute approximate surface area is 164 Å². The molecule has 0 saturated heterocycles. The zero-order valence-corrected chi connectivity index (χ0v) is 16.4. The van der Waals surface area contributed by atoms with Crippen molar-refractivity contribution in [3.05, 3.63) is 51.2 Å². The molecule has 0 atom stereocenters. The van der Waals surface area contributed by atoms with E-state index in [0.717, 1.165) is 22.4 Å². The number of hydrogen-bond donors (Lipinski definition) is 1. The van der Waals surface area contributed by atoms with Crippen molar-refractivity contribution in [1.82, 2.24) is 4.98 Å². The first-order valence-corrected chi connectivity index (χ1v) is 10.1. The van der Waals surface area contributed by atoms with Crippen LogP contribution in [0, 0.1) is 0 Å². The lowest BCUT2D eigenvalue weighted by atomic mass is 10.1. The van der Waals surface area contributed by atoms with E-state index in [9.17, 15) is 4.79 Å². The van der Waals surface area contributed by atoms with Crippen molar-refractivity contribution in [2.75, 3.05) is 24.0 Å². The number of anilines is 2. The lowest BCUT2D eigenvalue weighted by Gasteiger charge is -2.24. The fourth-order valence-corrected chi connectivity index (χ4v) is 4.70. The summed E-state index contributed by atoms with van der Waals surface area (Å²) in [5.74, 6) is -0.0733. The molecular formula is C18H16ClN3O2S2. The minimum atomic E-state index is -0.0733. The lowest BCUT2D eigenvalue weighted by Crippen LogP contribution is -2.26. The maximum Gasteiger partial charge on any atom is 0.230 e. The minimum Gasteiger partial charge on any atom is -0.356 e. The summed E-state index contributed by atoms with van der Waals surface area (Å²) in [6.07, 6.45) is 0.318. The Morgan fingerprint density at radius 3 is 2.92 bits per heavy atom. The molecule has 0 fully saturated rings. The molecule has 0 aliphatic carbocycles. The summed E-state index contributed by atoms with van der Waals surface area (Å²) in [5, 5.41) is 9.32. The number of halogens is 1. The lowest BCUT2D eigenvalue weighted by molar-refractivity contribution is -0.115. The smallest absolute Gasteiger partial charge is 0.230 e. The summed E-state index contributed by atoms with van der Waals surface area (Å²) < 4.78 is 5.55. The molecule has 0 spiro atoms. The molecule has 0 bridgehead atoms. The van der Waals surface area contributed by atoms with Crippen molar-refractivity contribution in [3.8, 4) is 11.3 Å². The number of aromatic nitrogens is 1. The van der Waals surface area contributed by atoms with Crippen LogP contribution in [0.1, 0.15) is 11.1 Å². The van der Waals surface area contributed by atoms with Gasteiger partial charge >= 0.3 is 0 Å². The average molecular weight is 406 g/mol. The number of thiophene rings is 1. The molecular weight excluding hydrogens is 390 g/mol. The fourth-order valence-electron chi connectivity index (χ4n) is 2.79. The molecule has 1 aliphatic rings. The van der Waals surface area contributed by atoms with E-state index < -0.39 is 0 Å². The van der Waals surface area contributed by atoms with Crippen molar-refractivity contribution < 1.29 is 9.53 Å². The van der Waals surface area contributed by atoms with Crippen LogP contribution in [0.2, 0.25) is 5.02 Å². The number of rotatable bonds is 4. The van der Waals surface area contributed by atoms with Crippen molar-refractivity contribution in [2.45, 2.75) is 13.0 Å². The number of carbonyl (C=O) groups is 1. The van der Waals surface area contributed by atoms with Gasteiger partial charge in [-0.2, -0.15) is 0 Å². The highest BCUT2D eigenvalue weighted by Crippen LogP contribution is 2.35. The molecule has 1 aromatic carbocycles. The monoisotopic (exact) mass is 405 g/mol. The Morgan fingerprint density at radius 1 is 1.31 bits per heavy atom. The summed E-state index contributed by atoms with van der Waals surface area (Å²) in [6, 6.07) is 7.48. The highest BCUT2D eigenvalue weighted by molar-refractivity contribution is 7.14. The highest BCUT2D eigenvalue weighted by Gasteiger charge is 2.21. The van der Waals surface area contributed by atoms with Crippen LogP contribution in [-0.4, -0.2) is 24.7 Å².